The lowest BCUT2D eigenvalue weighted by Crippen LogP contribution is -2.15. The molecule has 124 valence electrons. The second-order valence-corrected chi connectivity index (χ2v) is 5.42. The molecule has 6 heteroatoms. The lowest BCUT2D eigenvalue weighted by molar-refractivity contribution is 0.415. The van der Waals surface area contributed by atoms with Gasteiger partial charge in [-0.1, -0.05) is 12.1 Å². The Morgan fingerprint density at radius 3 is 2.39 bits per heavy atom. The molecule has 1 heterocycles. The van der Waals surface area contributed by atoms with Crippen LogP contribution in [0.1, 0.15) is 5.56 Å². The van der Waals surface area contributed by atoms with Crippen molar-refractivity contribution in [3.63, 3.8) is 0 Å². The van der Waals surface area contributed by atoms with Gasteiger partial charge in [0.2, 0.25) is 0 Å². The van der Waals surface area contributed by atoms with Crippen molar-refractivity contribution in [1.82, 2.24) is 4.98 Å². The van der Waals surface area contributed by atoms with E-state index in [-0.39, 0.29) is 30.4 Å². The quantitative estimate of drug-likeness (QED) is 0.709. The molecule has 23 heavy (non-hydrogen) atoms. The van der Waals surface area contributed by atoms with Crippen LogP contribution in [0.25, 0.3) is 21.7 Å². The number of pyridine rings is 1. The summed E-state index contributed by atoms with van der Waals surface area (Å²) in [4.78, 5) is 17.5. The number of rotatable bonds is 2. The van der Waals surface area contributed by atoms with Crippen LogP contribution in [0, 0.1) is 6.92 Å². The highest BCUT2D eigenvalue weighted by Gasteiger charge is 2.12. The molecule has 0 spiro atoms. The maximum absolute atomic E-state index is 12.5. The molecule has 2 aromatic carbocycles. The number of hydrogen-bond acceptors (Lipinski definition) is 3. The largest absolute Gasteiger partial charge is 0.497 e. The minimum Gasteiger partial charge on any atom is -0.497 e. The van der Waals surface area contributed by atoms with E-state index in [0.717, 1.165) is 33.3 Å². The SMILES string of the molecule is COc1cc(C)c2[nH]c(=O)c3c(N(C)C)cccc3c2c1.Cl.Cl. The van der Waals surface area contributed by atoms with E-state index >= 15 is 0 Å². The summed E-state index contributed by atoms with van der Waals surface area (Å²) in [5.41, 5.74) is 2.72. The molecule has 0 fully saturated rings. The summed E-state index contributed by atoms with van der Waals surface area (Å²) in [6.45, 7) is 1.97. The average Bonchev–Trinajstić information content (AvgIpc) is 2.47. The summed E-state index contributed by atoms with van der Waals surface area (Å²) in [5, 5.41) is 2.66. The fourth-order valence-corrected chi connectivity index (χ4v) is 2.80. The minimum atomic E-state index is -0.0601. The first kappa shape index (κ1) is 19.1. The highest BCUT2D eigenvalue weighted by atomic mass is 35.5. The maximum Gasteiger partial charge on any atom is 0.258 e. The highest BCUT2D eigenvalue weighted by molar-refractivity contribution is 6.10. The van der Waals surface area contributed by atoms with Crippen LogP contribution in [0.4, 0.5) is 5.69 Å². The van der Waals surface area contributed by atoms with Crippen LogP contribution in [0.5, 0.6) is 5.75 Å². The summed E-state index contributed by atoms with van der Waals surface area (Å²) in [5.74, 6) is 0.795. The van der Waals surface area contributed by atoms with E-state index in [9.17, 15) is 4.79 Å². The van der Waals surface area contributed by atoms with Crippen LogP contribution in [-0.4, -0.2) is 26.2 Å². The zero-order valence-electron chi connectivity index (χ0n) is 13.5. The number of anilines is 1. The van der Waals surface area contributed by atoms with Crippen molar-refractivity contribution < 1.29 is 4.74 Å². The van der Waals surface area contributed by atoms with Crippen LogP contribution < -0.4 is 15.2 Å². The van der Waals surface area contributed by atoms with E-state index in [1.165, 1.54) is 0 Å². The Kier molecular flexibility index (Phi) is 5.92. The number of aryl methyl sites for hydroxylation is 1. The molecule has 0 aliphatic carbocycles. The lowest BCUT2D eigenvalue weighted by atomic mass is 10.0. The van der Waals surface area contributed by atoms with Crippen molar-refractivity contribution in [2.45, 2.75) is 6.92 Å². The van der Waals surface area contributed by atoms with Crippen molar-refractivity contribution in [1.29, 1.82) is 0 Å². The molecular formula is C17H20Cl2N2O2. The third-order valence-corrected chi connectivity index (χ3v) is 3.82. The Labute approximate surface area is 147 Å². The number of hydrogen-bond donors (Lipinski definition) is 1. The third-order valence-electron chi connectivity index (χ3n) is 3.82. The molecule has 0 unspecified atom stereocenters. The number of fused-ring (bicyclic) bond motifs is 3. The molecule has 3 rings (SSSR count). The van der Waals surface area contributed by atoms with Crippen molar-refractivity contribution in [2.75, 3.05) is 26.1 Å². The molecule has 0 atom stereocenters. The van der Waals surface area contributed by atoms with Gasteiger partial charge in [-0.15, -0.1) is 24.8 Å². The lowest BCUT2D eigenvalue weighted by Gasteiger charge is -2.16. The van der Waals surface area contributed by atoms with E-state index in [1.54, 1.807) is 7.11 Å². The molecule has 0 bridgehead atoms. The van der Waals surface area contributed by atoms with Crippen molar-refractivity contribution in [3.8, 4) is 5.75 Å². The number of nitrogens with zero attached hydrogens (tertiary/aromatic N) is 1. The van der Waals surface area contributed by atoms with E-state index in [1.807, 2.05) is 56.3 Å². The number of ether oxygens (including phenoxy) is 1. The standard InChI is InChI=1S/C17H18N2O2.2ClH/c1-10-8-11(21-4)9-13-12-6-5-7-14(19(2)3)15(12)17(20)18-16(10)13;;/h5-9H,1-4H3,(H,18,20);2*1H. The predicted molar refractivity (Wildman–Crippen MR) is 102 cm³/mol. The smallest absolute Gasteiger partial charge is 0.258 e. The van der Waals surface area contributed by atoms with Gasteiger partial charge < -0.3 is 14.6 Å². The van der Waals surface area contributed by atoms with Crippen LogP contribution in [0.15, 0.2) is 35.1 Å². The third kappa shape index (κ3) is 3.09. The predicted octanol–water partition coefficient (Wildman–Crippen LogP) is 3.91. The molecule has 0 saturated carbocycles. The van der Waals surface area contributed by atoms with Gasteiger partial charge in [0.15, 0.2) is 0 Å². The second kappa shape index (κ2) is 7.11. The van der Waals surface area contributed by atoms with E-state index in [2.05, 4.69) is 4.98 Å². The van der Waals surface area contributed by atoms with Crippen molar-refractivity contribution in [3.05, 3.63) is 46.2 Å². The first-order valence-electron chi connectivity index (χ1n) is 6.83. The monoisotopic (exact) mass is 354 g/mol. The van der Waals surface area contributed by atoms with Crippen LogP contribution in [-0.2, 0) is 0 Å². The molecule has 0 aliphatic rings. The van der Waals surface area contributed by atoms with Crippen molar-refractivity contribution >= 4 is 52.2 Å². The Morgan fingerprint density at radius 2 is 1.78 bits per heavy atom. The number of methoxy groups -OCH3 is 1. The summed E-state index contributed by atoms with van der Waals surface area (Å²) in [6.07, 6.45) is 0. The highest BCUT2D eigenvalue weighted by Crippen LogP contribution is 2.31. The number of benzene rings is 2. The van der Waals surface area contributed by atoms with E-state index < -0.39 is 0 Å². The van der Waals surface area contributed by atoms with Gasteiger partial charge in [-0.2, -0.15) is 0 Å². The minimum absolute atomic E-state index is 0. The summed E-state index contributed by atoms with van der Waals surface area (Å²) in [7, 11) is 5.53. The number of H-pyrrole nitrogens is 1. The topological polar surface area (TPSA) is 45.3 Å². The van der Waals surface area contributed by atoms with E-state index in [0.29, 0.717) is 5.39 Å². The molecule has 0 amide bonds. The molecule has 3 aromatic rings. The zero-order valence-corrected chi connectivity index (χ0v) is 15.1. The summed E-state index contributed by atoms with van der Waals surface area (Å²) in [6, 6.07) is 9.82. The molecular weight excluding hydrogens is 335 g/mol. The Bertz CT molecular complexity index is 904. The van der Waals surface area contributed by atoms with E-state index in [4.69, 9.17) is 4.74 Å². The van der Waals surface area contributed by atoms with Crippen molar-refractivity contribution in [2.24, 2.45) is 0 Å². The maximum atomic E-state index is 12.5. The summed E-state index contributed by atoms with van der Waals surface area (Å²) < 4.78 is 5.36. The van der Waals surface area contributed by atoms with Crippen LogP contribution in [0.3, 0.4) is 0 Å². The second-order valence-electron chi connectivity index (χ2n) is 5.42. The average molecular weight is 355 g/mol. The molecule has 4 nitrogen and oxygen atoms in total. The molecule has 0 aliphatic heterocycles. The van der Waals surface area contributed by atoms with Gasteiger partial charge in [0.25, 0.3) is 5.56 Å². The first-order valence-corrected chi connectivity index (χ1v) is 6.83. The van der Waals surface area contributed by atoms with Gasteiger partial charge in [-0.25, -0.2) is 0 Å². The Hall–Kier alpha value is -1.91. The van der Waals surface area contributed by atoms with Crippen LogP contribution >= 0.6 is 24.8 Å². The van der Waals surface area contributed by atoms with Crippen LogP contribution in [0.2, 0.25) is 0 Å². The summed E-state index contributed by atoms with van der Waals surface area (Å²) >= 11 is 0. The molecule has 1 aromatic heterocycles. The first-order chi connectivity index (χ1) is 10.0. The van der Waals surface area contributed by atoms with Gasteiger partial charge in [0.05, 0.1) is 18.0 Å². The molecule has 1 N–H and O–H groups in total. The van der Waals surface area contributed by atoms with Gasteiger partial charge in [0, 0.05) is 25.2 Å². The molecule has 0 radical (unpaired) electrons. The van der Waals surface area contributed by atoms with Gasteiger partial charge >= 0.3 is 0 Å². The van der Waals surface area contributed by atoms with Gasteiger partial charge in [-0.3, -0.25) is 4.79 Å². The normalized spacial score (nSPS) is 10.1. The fraction of sp³-hybridized carbons (Fsp3) is 0.235. The Balaban J connectivity index is 0.00000132. The fourth-order valence-electron chi connectivity index (χ4n) is 2.80. The number of nitrogens with one attached hydrogen (secondary N) is 1. The zero-order chi connectivity index (χ0) is 15.1. The van der Waals surface area contributed by atoms with Gasteiger partial charge in [0.1, 0.15) is 5.75 Å². The number of aromatic amines is 1. The molecule has 0 saturated heterocycles. The number of halogens is 2. The Morgan fingerprint density at radius 1 is 1.09 bits per heavy atom. The number of aromatic nitrogens is 1. The van der Waals surface area contributed by atoms with Gasteiger partial charge in [-0.05, 0) is 36.1 Å².